The van der Waals surface area contributed by atoms with Gasteiger partial charge in [0.05, 0.1) is 18.9 Å². The van der Waals surface area contributed by atoms with Gasteiger partial charge in [0, 0.05) is 36.9 Å². The fourth-order valence-corrected chi connectivity index (χ4v) is 4.26. The lowest BCUT2D eigenvalue weighted by atomic mass is 9.97. The summed E-state index contributed by atoms with van der Waals surface area (Å²) in [6.07, 6.45) is 5.31. The molecular formula is C22H28N4O3S. The molecule has 1 aliphatic rings. The molecule has 0 spiro atoms. The van der Waals surface area contributed by atoms with Crippen molar-refractivity contribution in [2.75, 3.05) is 31.1 Å². The highest BCUT2D eigenvalue weighted by Gasteiger charge is 2.28. The van der Waals surface area contributed by atoms with Crippen LogP contribution in [0.5, 0.6) is 0 Å². The van der Waals surface area contributed by atoms with Gasteiger partial charge in [-0.2, -0.15) is 0 Å². The van der Waals surface area contributed by atoms with Crippen LogP contribution in [0.2, 0.25) is 0 Å². The molecule has 160 valence electrons. The molecule has 7 nitrogen and oxygen atoms in total. The highest BCUT2D eigenvalue weighted by atomic mass is 32.2. The number of anilines is 1. The zero-order valence-electron chi connectivity index (χ0n) is 17.5. The molecule has 30 heavy (non-hydrogen) atoms. The number of esters is 1. The third kappa shape index (κ3) is 6.19. The van der Waals surface area contributed by atoms with Crippen LogP contribution in [0.15, 0.2) is 46.6 Å². The van der Waals surface area contributed by atoms with Gasteiger partial charge >= 0.3 is 5.97 Å². The van der Waals surface area contributed by atoms with Crippen LogP contribution in [-0.2, 0) is 14.3 Å². The van der Waals surface area contributed by atoms with E-state index in [1.54, 1.807) is 31.1 Å². The number of piperidine rings is 1. The molecule has 1 aromatic carbocycles. The van der Waals surface area contributed by atoms with E-state index in [9.17, 15) is 9.59 Å². The number of amides is 1. The van der Waals surface area contributed by atoms with Crippen LogP contribution in [0.4, 0.5) is 5.82 Å². The third-order valence-corrected chi connectivity index (χ3v) is 5.90. The minimum absolute atomic E-state index is 0.0272. The van der Waals surface area contributed by atoms with Gasteiger partial charge in [0.25, 0.3) is 0 Å². The highest BCUT2D eigenvalue weighted by molar-refractivity contribution is 7.99. The third-order valence-electron chi connectivity index (χ3n) is 4.91. The van der Waals surface area contributed by atoms with Gasteiger partial charge in [0.2, 0.25) is 5.91 Å². The largest absolute Gasteiger partial charge is 0.466 e. The first-order chi connectivity index (χ1) is 14.6. The molecule has 1 aliphatic heterocycles. The SMILES string of the molecule is CCOC(=O)CCNC(=O)[C@@H]1CCCN(c2nccnc2Sc2ccc(C)cc2)C1. The molecule has 1 aromatic heterocycles. The Balaban J connectivity index is 1.61. The number of nitrogens with zero attached hydrogens (tertiary/aromatic N) is 3. The quantitative estimate of drug-likeness (QED) is 0.646. The van der Waals surface area contributed by atoms with E-state index in [2.05, 4.69) is 51.4 Å². The maximum absolute atomic E-state index is 12.6. The van der Waals surface area contributed by atoms with Crippen molar-refractivity contribution < 1.29 is 14.3 Å². The number of aryl methyl sites for hydroxylation is 1. The summed E-state index contributed by atoms with van der Waals surface area (Å²) < 4.78 is 4.90. The Morgan fingerprint density at radius 3 is 2.77 bits per heavy atom. The average molecular weight is 429 g/mol. The zero-order valence-corrected chi connectivity index (χ0v) is 18.3. The Hall–Kier alpha value is -2.61. The standard InChI is InChI=1S/C22H28N4O3S/c1-3-29-19(27)10-11-24-21(28)17-5-4-14-26(15-17)20-22(25-13-12-23-20)30-18-8-6-16(2)7-9-18/h6-9,12-13,17H,3-5,10-11,14-15H2,1-2H3,(H,24,28)/t17-/m1/s1. The number of nitrogens with one attached hydrogen (secondary N) is 1. The molecular weight excluding hydrogens is 400 g/mol. The van der Waals surface area contributed by atoms with Crippen molar-refractivity contribution in [3.8, 4) is 0 Å². The number of hydrogen-bond donors (Lipinski definition) is 1. The Bertz CT molecular complexity index is 860. The number of aromatic nitrogens is 2. The van der Waals surface area contributed by atoms with Crippen LogP contribution in [-0.4, -0.2) is 48.1 Å². The van der Waals surface area contributed by atoms with Gasteiger partial charge in [-0.3, -0.25) is 9.59 Å². The van der Waals surface area contributed by atoms with E-state index in [1.165, 1.54) is 5.56 Å². The topological polar surface area (TPSA) is 84.4 Å². The van der Waals surface area contributed by atoms with Crippen LogP contribution in [0.3, 0.4) is 0 Å². The summed E-state index contributed by atoms with van der Waals surface area (Å²) in [5.41, 5.74) is 1.21. The molecule has 2 aromatic rings. The van der Waals surface area contributed by atoms with E-state index in [0.717, 1.165) is 35.1 Å². The molecule has 0 radical (unpaired) electrons. The summed E-state index contributed by atoms with van der Waals surface area (Å²) in [5, 5.41) is 3.70. The van der Waals surface area contributed by atoms with Crippen LogP contribution < -0.4 is 10.2 Å². The van der Waals surface area contributed by atoms with Crippen LogP contribution >= 0.6 is 11.8 Å². The molecule has 1 fully saturated rings. The normalized spacial score (nSPS) is 16.2. The van der Waals surface area contributed by atoms with E-state index in [0.29, 0.717) is 19.7 Å². The van der Waals surface area contributed by atoms with Gasteiger partial charge in [-0.05, 0) is 38.8 Å². The molecule has 0 saturated carbocycles. The zero-order chi connectivity index (χ0) is 21.3. The summed E-state index contributed by atoms with van der Waals surface area (Å²) in [7, 11) is 0. The number of benzene rings is 1. The molecule has 1 saturated heterocycles. The van der Waals surface area contributed by atoms with Crippen molar-refractivity contribution in [3.63, 3.8) is 0 Å². The van der Waals surface area contributed by atoms with Gasteiger partial charge < -0.3 is 15.0 Å². The summed E-state index contributed by atoms with van der Waals surface area (Å²) >= 11 is 1.58. The highest BCUT2D eigenvalue weighted by Crippen LogP contribution is 2.34. The van der Waals surface area contributed by atoms with E-state index >= 15 is 0 Å². The lowest BCUT2D eigenvalue weighted by molar-refractivity contribution is -0.143. The van der Waals surface area contributed by atoms with Crippen LogP contribution in [0.25, 0.3) is 0 Å². The number of ether oxygens (including phenoxy) is 1. The van der Waals surface area contributed by atoms with E-state index in [1.807, 2.05) is 0 Å². The van der Waals surface area contributed by atoms with Crippen molar-refractivity contribution in [3.05, 3.63) is 42.2 Å². The second kappa shape index (κ2) is 11.0. The summed E-state index contributed by atoms with van der Waals surface area (Å²) in [5.74, 6) is 0.355. The second-order valence-corrected chi connectivity index (χ2v) is 8.29. The number of rotatable bonds is 8. The summed E-state index contributed by atoms with van der Waals surface area (Å²) in [6, 6.07) is 8.31. The molecule has 1 amide bonds. The van der Waals surface area contributed by atoms with E-state index < -0.39 is 0 Å². The lowest BCUT2D eigenvalue weighted by Gasteiger charge is -2.33. The first-order valence-corrected chi connectivity index (χ1v) is 11.1. The fourth-order valence-electron chi connectivity index (χ4n) is 3.37. The predicted molar refractivity (Wildman–Crippen MR) is 117 cm³/mol. The molecule has 1 atom stereocenters. The fraction of sp³-hybridized carbons (Fsp3) is 0.455. The molecule has 3 rings (SSSR count). The number of carbonyl (C=O) groups is 2. The first kappa shape index (κ1) is 22.1. The van der Waals surface area contributed by atoms with Gasteiger partial charge in [0.15, 0.2) is 5.82 Å². The van der Waals surface area contributed by atoms with Crippen LogP contribution in [0, 0.1) is 12.8 Å². The number of hydrogen-bond acceptors (Lipinski definition) is 7. The van der Waals surface area contributed by atoms with E-state index in [-0.39, 0.29) is 24.2 Å². The van der Waals surface area contributed by atoms with Gasteiger partial charge in [-0.1, -0.05) is 29.5 Å². The molecule has 2 heterocycles. The first-order valence-electron chi connectivity index (χ1n) is 10.3. The van der Waals surface area contributed by atoms with Gasteiger partial charge in [-0.25, -0.2) is 9.97 Å². The smallest absolute Gasteiger partial charge is 0.307 e. The van der Waals surface area contributed by atoms with Crippen molar-refractivity contribution in [1.82, 2.24) is 15.3 Å². The molecule has 0 bridgehead atoms. The summed E-state index contributed by atoms with van der Waals surface area (Å²) in [4.78, 5) is 36.4. The van der Waals surface area contributed by atoms with Crippen molar-refractivity contribution in [2.24, 2.45) is 5.92 Å². The Morgan fingerprint density at radius 1 is 1.23 bits per heavy atom. The molecule has 0 unspecified atom stereocenters. The van der Waals surface area contributed by atoms with E-state index in [4.69, 9.17) is 4.74 Å². The lowest BCUT2D eigenvalue weighted by Crippen LogP contribution is -2.44. The van der Waals surface area contributed by atoms with Gasteiger partial charge in [-0.15, -0.1) is 0 Å². The van der Waals surface area contributed by atoms with Gasteiger partial charge in [0.1, 0.15) is 5.03 Å². The van der Waals surface area contributed by atoms with Crippen LogP contribution in [0.1, 0.15) is 31.7 Å². The number of carbonyl (C=O) groups excluding carboxylic acids is 2. The molecule has 0 aliphatic carbocycles. The Kier molecular flexibility index (Phi) is 8.07. The molecule has 8 heteroatoms. The maximum Gasteiger partial charge on any atom is 0.307 e. The maximum atomic E-state index is 12.6. The minimum Gasteiger partial charge on any atom is -0.466 e. The minimum atomic E-state index is -0.291. The Labute approximate surface area is 181 Å². The predicted octanol–water partition coefficient (Wildman–Crippen LogP) is 3.22. The second-order valence-electron chi connectivity index (χ2n) is 7.23. The van der Waals surface area contributed by atoms with Crippen molar-refractivity contribution >= 4 is 29.5 Å². The molecule has 1 N–H and O–H groups in total. The Morgan fingerprint density at radius 2 is 2.00 bits per heavy atom. The monoisotopic (exact) mass is 428 g/mol. The van der Waals surface area contributed by atoms with Crippen molar-refractivity contribution in [2.45, 2.75) is 43.0 Å². The summed E-state index contributed by atoms with van der Waals surface area (Å²) in [6.45, 7) is 5.91. The van der Waals surface area contributed by atoms with Crippen molar-refractivity contribution in [1.29, 1.82) is 0 Å². The average Bonchev–Trinajstić information content (AvgIpc) is 2.76.